The normalized spacial score (nSPS) is 29.0. The third kappa shape index (κ3) is 4.42. The number of aromatic nitrogens is 1. The molecule has 0 saturated heterocycles. The van der Waals surface area contributed by atoms with Crippen molar-refractivity contribution in [3.63, 3.8) is 0 Å². The Balaban J connectivity index is 1.36. The molecule has 6 nitrogen and oxygen atoms in total. The van der Waals surface area contributed by atoms with Crippen molar-refractivity contribution in [2.45, 2.75) is 77.8 Å². The van der Waals surface area contributed by atoms with E-state index in [0.717, 1.165) is 66.9 Å². The molecule has 0 spiro atoms. The number of aryl methyl sites for hydroxylation is 1. The molecular weight excluding hydrogens is 390 g/mol. The van der Waals surface area contributed by atoms with Gasteiger partial charge >= 0.3 is 5.97 Å². The Bertz CT molecular complexity index is 915. The molecule has 4 bridgehead atoms. The number of carbonyl (C=O) groups excluding carboxylic acids is 2. The van der Waals surface area contributed by atoms with Crippen LogP contribution in [0.25, 0.3) is 6.08 Å². The second kappa shape index (κ2) is 8.53. The third-order valence-corrected chi connectivity index (χ3v) is 7.48. The molecule has 4 fully saturated rings. The number of esters is 1. The van der Waals surface area contributed by atoms with E-state index < -0.39 is 5.97 Å². The first-order valence-electron chi connectivity index (χ1n) is 11.6. The highest BCUT2D eigenvalue weighted by Gasteiger charge is 2.51. The number of nitrogens with zero attached hydrogens (tertiary/aromatic N) is 2. The lowest BCUT2D eigenvalue weighted by atomic mass is 9.53. The Labute approximate surface area is 184 Å². The van der Waals surface area contributed by atoms with E-state index in [-0.39, 0.29) is 23.6 Å². The first kappa shape index (κ1) is 21.7. The standard InChI is InChI=1S/C25H33N3O3/c1-4-5-28-16(2)6-21(17(28)3)10-22(14-26)24(30)31-15-23(29)27-25-11-18-7-19(12-25)9-20(8-18)13-25/h6,10,18-20H,4-5,7-9,11-13,15H2,1-3H3,(H,27,29)/b22-10+. The minimum atomic E-state index is -0.747. The number of ether oxygens (including phenoxy) is 1. The molecule has 1 N–H and O–H groups in total. The number of rotatable bonds is 7. The average Bonchev–Trinajstić information content (AvgIpc) is 2.96. The first-order chi connectivity index (χ1) is 14.8. The molecule has 31 heavy (non-hydrogen) atoms. The fourth-order valence-corrected chi connectivity index (χ4v) is 6.64. The Morgan fingerprint density at radius 2 is 1.84 bits per heavy atom. The lowest BCUT2D eigenvalue weighted by Crippen LogP contribution is -2.60. The quantitative estimate of drug-likeness (QED) is 0.407. The zero-order valence-electron chi connectivity index (χ0n) is 18.9. The summed E-state index contributed by atoms with van der Waals surface area (Å²) in [6, 6.07) is 3.90. The average molecular weight is 424 g/mol. The van der Waals surface area contributed by atoms with Gasteiger partial charge in [-0.15, -0.1) is 0 Å². The zero-order chi connectivity index (χ0) is 22.2. The smallest absolute Gasteiger partial charge is 0.349 e. The largest absolute Gasteiger partial charge is 0.451 e. The van der Waals surface area contributed by atoms with Crippen LogP contribution >= 0.6 is 0 Å². The lowest BCUT2D eigenvalue weighted by Gasteiger charge is -2.56. The van der Waals surface area contributed by atoms with E-state index in [1.807, 2.05) is 26.0 Å². The van der Waals surface area contributed by atoms with E-state index in [1.54, 1.807) is 6.08 Å². The van der Waals surface area contributed by atoms with Crippen LogP contribution in [0.4, 0.5) is 0 Å². The molecule has 1 aromatic rings. The number of hydrogen-bond donors (Lipinski definition) is 1. The van der Waals surface area contributed by atoms with Crippen molar-refractivity contribution in [3.8, 4) is 6.07 Å². The Kier molecular flexibility index (Phi) is 5.96. The Morgan fingerprint density at radius 3 is 2.39 bits per heavy atom. The third-order valence-electron chi connectivity index (χ3n) is 7.48. The van der Waals surface area contributed by atoms with Gasteiger partial charge in [-0.2, -0.15) is 5.26 Å². The molecule has 4 aliphatic carbocycles. The van der Waals surface area contributed by atoms with Crippen molar-refractivity contribution < 1.29 is 14.3 Å². The van der Waals surface area contributed by atoms with Crippen LogP contribution in [0, 0.1) is 42.9 Å². The van der Waals surface area contributed by atoms with Crippen LogP contribution in [0.15, 0.2) is 11.6 Å². The molecule has 6 heteroatoms. The number of hydrogen-bond acceptors (Lipinski definition) is 4. The Hall–Kier alpha value is -2.55. The molecule has 1 heterocycles. The van der Waals surface area contributed by atoms with E-state index in [4.69, 9.17) is 4.74 Å². The Morgan fingerprint density at radius 1 is 1.23 bits per heavy atom. The zero-order valence-corrected chi connectivity index (χ0v) is 18.9. The molecule has 0 aromatic carbocycles. The van der Waals surface area contributed by atoms with Crippen LogP contribution < -0.4 is 5.32 Å². The summed E-state index contributed by atoms with van der Waals surface area (Å²) < 4.78 is 7.39. The van der Waals surface area contributed by atoms with Crippen LogP contribution in [0.2, 0.25) is 0 Å². The van der Waals surface area contributed by atoms with E-state index >= 15 is 0 Å². The van der Waals surface area contributed by atoms with Crippen LogP contribution in [-0.4, -0.2) is 28.6 Å². The molecule has 1 aromatic heterocycles. The SMILES string of the molecule is CCCn1c(C)cc(/C=C(\C#N)C(=O)OCC(=O)NC23CC4CC(CC(C4)C2)C3)c1C. The van der Waals surface area contributed by atoms with Crippen LogP contribution in [0.5, 0.6) is 0 Å². The number of carbonyl (C=O) groups is 2. The molecule has 4 aliphatic rings. The molecule has 0 unspecified atom stereocenters. The summed E-state index contributed by atoms with van der Waals surface area (Å²) in [5.41, 5.74) is 2.74. The lowest BCUT2D eigenvalue weighted by molar-refractivity contribution is -0.146. The number of amides is 1. The predicted molar refractivity (Wildman–Crippen MR) is 118 cm³/mol. The highest BCUT2D eigenvalue weighted by Crippen LogP contribution is 2.55. The summed E-state index contributed by atoms with van der Waals surface area (Å²) in [5.74, 6) is 1.19. The summed E-state index contributed by atoms with van der Waals surface area (Å²) in [5, 5.41) is 12.7. The molecule has 0 atom stereocenters. The first-order valence-corrected chi connectivity index (χ1v) is 11.6. The van der Waals surface area contributed by atoms with E-state index in [9.17, 15) is 14.9 Å². The molecular formula is C25H33N3O3. The van der Waals surface area contributed by atoms with E-state index in [2.05, 4.69) is 16.8 Å². The summed E-state index contributed by atoms with van der Waals surface area (Å²) in [6.45, 7) is 6.66. The van der Waals surface area contributed by atoms with Crippen molar-refractivity contribution in [3.05, 3.63) is 28.6 Å². The highest BCUT2D eigenvalue weighted by molar-refractivity contribution is 5.99. The van der Waals surface area contributed by atoms with Crippen molar-refractivity contribution in [2.24, 2.45) is 17.8 Å². The topological polar surface area (TPSA) is 84.1 Å². The molecule has 4 saturated carbocycles. The van der Waals surface area contributed by atoms with Gasteiger partial charge in [0, 0.05) is 23.5 Å². The van der Waals surface area contributed by atoms with Gasteiger partial charge in [0.2, 0.25) is 0 Å². The maximum atomic E-state index is 12.6. The van der Waals surface area contributed by atoms with Gasteiger partial charge in [0.25, 0.3) is 5.91 Å². The van der Waals surface area contributed by atoms with Crippen molar-refractivity contribution in [2.75, 3.05) is 6.61 Å². The van der Waals surface area contributed by atoms with Gasteiger partial charge in [0.15, 0.2) is 6.61 Å². The van der Waals surface area contributed by atoms with Gasteiger partial charge in [-0.05, 0) is 94.3 Å². The van der Waals surface area contributed by atoms with Gasteiger partial charge in [0.05, 0.1) is 0 Å². The molecule has 0 aliphatic heterocycles. The van der Waals surface area contributed by atoms with Crippen LogP contribution in [-0.2, 0) is 20.9 Å². The summed E-state index contributed by atoms with van der Waals surface area (Å²) in [4.78, 5) is 25.1. The maximum absolute atomic E-state index is 12.6. The minimum Gasteiger partial charge on any atom is -0.451 e. The van der Waals surface area contributed by atoms with Gasteiger partial charge in [0.1, 0.15) is 11.6 Å². The van der Waals surface area contributed by atoms with Gasteiger partial charge in [-0.3, -0.25) is 4.79 Å². The molecule has 0 radical (unpaired) electrons. The second-order valence-corrected chi connectivity index (χ2v) is 9.97. The number of nitrogens with one attached hydrogen (secondary N) is 1. The fraction of sp³-hybridized carbons (Fsp3) is 0.640. The minimum absolute atomic E-state index is 0.0839. The summed E-state index contributed by atoms with van der Waals surface area (Å²) in [7, 11) is 0. The van der Waals surface area contributed by atoms with Crippen molar-refractivity contribution in [1.82, 2.24) is 9.88 Å². The maximum Gasteiger partial charge on any atom is 0.349 e. The summed E-state index contributed by atoms with van der Waals surface area (Å²) in [6.07, 6.45) is 9.64. The van der Waals surface area contributed by atoms with Crippen LogP contribution in [0.3, 0.4) is 0 Å². The van der Waals surface area contributed by atoms with E-state index in [0.29, 0.717) is 0 Å². The van der Waals surface area contributed by atoms with Crippen molar-refractivity contribution in [1.29, 1.82) is 5.26 Å². The predicted octanol–water partition coefficient (Wildman–Crippen LogP) is 4.05. The van der Waals surface area contributed by atoms with E-state index in [1.165, 1.54) is 19.3 Å². The van der Waals surface area contributed by atoms with Crippen LogP contribution in [0.1, 0.15) is 68.8 Å². The van der Waals surface area contributed by atoms with Gasteiger partial charge in [-0.25, -0.2) is 4.79 Å². The van der Waals surface area contributed by atoms with Gasteiger partial charge < -0.3 is 14.6 Å². The molecule has 166 valence electrons. The highest BCUT2D eigenvalue weighted by atomic mass is 16.5. The monoisotopic (exact) mass is 423 g/mol. The molecule has 5 rings (SSSR count). The molecule has 1 amide bonds. The summed E-state index contributed by atoms with van der Waals surface area (Å²) >= 11 is 0. The van der Waals surface area contributed by atoms with Crippen molar-refractivity contribution >= 4 is 18.0 Å². The second-order valence-electron chi connectivity index (χ2n) is 9.97. The fourth-order valence-electron chi connectivity index (χ4n) is 6.64. The number of nitriles is 1. The van der Waals surface area contributed by atoms with Gasteiger partial charge in [-0.1, -0.05) is 6.92 Å².